The van der Waals surface area contributed by atoms with E-state index in [1.165, 1.54) is 6.20 Å². The summed E-state index contributed by atoms with van der Waals surface area (Å²) in [4.78, 5) is 33.9. The molecule has 2 atom stereocenters. The Kier molecular flexibility index (Phi) is 8.75. The number of likely N-dealkylation sites (tertiary alicyclic amines) is 2. The Balaban J connectivity index is 1.58. The van der Waals surface area contributed by atoms with E-state index < -0.39 is 24.5 Å². The minimum atomic E-state index is -5.76. The topological polar surface area (TPSA) is 101 Å². The molecule has 0 radical (unpaired) electrons. The molecule has 0 aliphatic carbocycles. The van der Waals surface area contributed by atoms with Gasteiger partial charge in [0.1, 0.15) is 5.71 Å². The molecule has 0 bridgehead atoms. The average Bonchev–Trinajstić information content (AvgIpc) is 3.37. The molecule has 0 saturated carbocycles. The number of hydrogen-bond donors (Lipinski definition) is 1. The van der Waals surface area contributed by atoms with Gasteiger partial charge in [0, 0.05) is 64.1 Å². The lowest BCUT2D eigenvalue weighted by Crippen LogP contribution is -2.48. The second kappa shape index (κ2) is 11.2. The summed E-state index contributed by atoms with van der Waals surface area (Å²) in [5.41, 5.74) is 6.59. The van der Waals surface area contributed by atoms with Crippen LogP contribution >= 0.6 is 0 Å². The van der Waals surface area contributed by atoms with Crippen LogP contribution in [-0.4, -0.2) is 116 Å². The first-order chi connectivity index (χ1) is 16.8. The molecule has 0 aromatic rings. The number of nitrogens with zero attached hydrogens (tertiary/aromatic N) is 4. The molecule has 204 valence electrons. The number of carbonyl (C=O) groups excluding carboxylic acids is 2. The van der Waals surface area contributed by atoms with Crippen molar-refractivity contribution in [3.63, 3.8) is 0 Å². The fourth-order valence-corrected chi connectivity index (χ4v) is 4.69. The van der Waals surface area contributed by atoms with Gasteiger partial charge in [0.15, 0.2) is 0 Å². The summed E-state index contributed by atoms with van der Waals surface area (Å²) in [6.07, 6.45) is -16.0. The minimum absolute atomic E-state index is 0.0350. The van der Waals surface area contributed by atoms with Crippen molar-refractivity contribution in [2.45, 2.75) is 25.4 Å². The van der Waals surface area contributed by atoms with Crippen molar-refractivity contribution in [3.8, 4) is 0 Å². The number of morpholine rings is 1. The highest BCUT2D eigenvalue weighted by molar-refractivity contribution is 6.45. The van der Waals surface area contributed by atoms with Crippen LogP contribution in [-0.2, 0) is 14.3 Å². The number of rotatable bonds is 6. The van der Waals surface area contributed by atoms with Crippen molar-refractivity contribution in [1.29, 1.82) is 0 Å². The normalized spacial score (nSPS) is 24.4. The standard InChI is InChI=1S/C21H29F6N5O4/c1-2-29-16(17(33)31-3-5-35-6-4-31)13(7-28)8-30-9-14-11-32(12-15(14)10-30)19(34)36-18(20(22,23)24)21(25,26)27/h7,14-15,18H,2-6,8-12,28H2,1H3. The Morgan fingerprint density at radius 3 is 2.06 bits per heavy atom. The molecule has 3 aliphatic rings. The summed E-state index contributed by atoms with van der Waals surface area (Å²) in [7, 11) is 0. The first kappa shape index (κ1) is 28.0. The van der Waals surface area contributed by atoms with Crippen molar-refractivity contribution >= 4 is 17.7 Å². The monoisotopic (exact) mass is 529 g/mol. The molecule has 0 aromatic carbocycles. The first-order valence-corrected chi connectivity index (χ1v) is 11.5. The zero-order valence-electron chi connectivity index (χ0n) is 19.6. The van der Waals surface area contributed by atoms with Crippen LogP contribution in [0.5, 0.6) is 0 Å². The van der Waals surface area contributed by atoms with Crippen molar-refractivity contribution in [3.05, 3.63) is 11.8 Å². The Morgan fingerprint density at radius 1 is 1.03 bits per heavy atom. The smallest absolute Gasteiger partial charge is 0.426 e. The lowest BCUT2D eigenvalue weighted by Gasteiger charge is -2.29. The van der Waals surface area contributed by atoms with Gasteiger partial charge in [0.2, 0.25) is 0 Å². The van der Waals surface area contributed by atoms with Crippen LogP contribution in [0.3, 0.4) is 0 Å². The molecule has 9 nitrogen and oxygen atoms in total. The largest absolute Gasteiger partial charge is 0.434 e. The molecular formula is C21H29F6N5O4. The van der Waals surface area contributed by atoms with Crippen LogP contribution in [0.1, 0.15) is 6.92 Å². The molecular weight excluding hydrogens is 500 g/mol. The average molecular weight is 529 g/mol. The van der Waals surface area contributed by atoms with Gasteiger partial charge in [-0.05, 0) is 18.8 Å². The van der Waals surface area contributed by atoms with Gasteiger partial charge in [-0.1, -0.05) is 0 Å². The maximum atomic E-state index is 13.0. The van der Waals surface area contributed by atoms with E-state index in [9.17, 15) is 35.9 Å². The number of nitrogens with two attached hydrogens (primary N) is 1. The van der Waals surface area contributed by atoms with Gasteiger partial charge in [0.05, 0.1) is 13.2 Å². The number of alkyl halides is 6. The lowest BCUT2D eigenvalue weighted by atomic mass is 10.0. The second-order valence-corrected chi connectivity index (χ2v) is 8.89. The molecule has 15 heteroatoms. The number of aliphatic imine (C=N–C) groups is 1. The van der Waals surface area contributed by atoms with Gasteiger partial charge in [-0.3, -0.25) is 14.7 Å². The minimum Gasteiger partial charge on any atom is -0.426 e. The van der Waals surface area contributed by atoms with E-state index >= 15 is 0 Å². The summed E-state index contributed by atoms with van der Waals surface area (Å²) < 4.78 is 85.4. The molecule has 2 amide bonds. The Labute approximate surface area is 203 Å². The summed E-state index contributed by atoms with van der Waals surface area (Å²) in [6, 6.07) is 0. The van der Waals surface area contributed by atoms with E-state index in [0.717, 1.165) is 4.90 Å². The highest BCUT2D eigenvalue weighted by Gasteiger charge is 2.60. The van der Waals surface area contributed by atoms with Crippen LogP contribution < -0.4 is 5.73 Å². The van der Waals surface area contributed by atoms with E-state index in [1.54, 1.807) is 11.8 Å². The van der Waals surface area contributed by atoms with Crippen molar-refractivity contribution in [2.24, 2.45) is 22.6 Å². The molecule has 36 heavy (non-hydrogen) atoms. The number of hydrogen-bond acceptors (Lipinski definition) is 7. The van der Waals surface area contributed by atoms with Crippen LogP contribution in [0.15, 0.2) is 16.8 Å². The quantitative estimate of drug-likeness (QED) is 0.415. The Morgan fingerprint density at radius 2 is 1.58 bits per heavy atom. The third-order valence-electron chi connectivity index (χ3n) is 6.35. The van der Waals surface area contributed by atoms with E-state index in [1.807, 2.05) is 4.90 Å². The molecule has 3 saturated heterocycles. The Hall–Kier alpha value is -2.55. The van der Waals surface area contributed by atoms with Gasteiger partial charge in [-0.15, -0.1) is 0 Å². The maximum Gasteiger partial charge on any atom is 0.434 e. The predicted octanol–water partition coefficient (Wildman–Crippen LogP) is 1.64. The molecule has 3 rings (SSSR count). The summed E-state index contributed by atoms with van der Waals surface area (Å²) in [5.74, 6) is -0.601. The number of halogens is 6. The van der Waals surface area contributed by atoms with Gasteiger partial charge >= 0.3 is 18.4 Å². The molecule has 2 N–H and O–H groups in total. The maximum absolute atomic E-state index is 13.0. The Bertz CT molecular complexity index is 844. The fourth-order valence-electron chi connectivity index (χ4n) is 4.69. The second-order valence-electron chi connectivity index (χ2n) is 8.89. The molecule has 2 unspecified atom stereocenters. The number of amides is 2. The van der Waals surface area contributed by atoms with Crippen molar-refractivity contribution in [2.75, 3.05) is 65.6 Å². The summed E-state index contributed by atoms with van der Waals surface area (Å²) >= 11 is 0. The van der Waals surface area contributed by atoms with Crippen LogP contribution in [0, 0.1) is 11.8 Å². The fraction of sp³-hybridized carbons (Fsp3) is 0.762. The van der Waals surface area contributed by atoms with Crippen molar-refractivity contribution < 1.29 is 45.4 Å². The van der Waals surface area contributed by atoms with Gasteiger partial charge in [-0.25, -0.2) is 4.79 Å². The first-order valence-electron chi connectivity index (χ1n) is 11.5. The SMILES string of the molecule is CCN=C(C(=O)N1CCOCC1)C(=CN)CN1CC2CN(C(=O)OC(C(F)(F)F)C(F)(F)F)CC2C1. The third-order valence-corrected chi connectivity index (χ3v) is 6.35. The van der Waals surface area contributed by atoms with Gasteiger partial charge < -0.3 is 25.0 Å². The molecule has 3 fully saturated rings. The van der Waals surface area contributed by atoms with Crippen LogP contribution in [0.25, 0.3) is 0 Å². The van der Waals surface area contributed by atoms with E-state index in [4.69, 9.17) is 10.5 Å². The molecule has 3 heterocycles. The zero-order valence-corrected chi connectivity index (χ0v) is 19.6. The highest BCUT2D eigenvalue weighted by atomic mass is 19.4. The molecule has 0 aromatic heterocycles. The van der Waals surface area contributed by atoms with E-state index in [0.29, 0.717) is 51.5 Å². The van der Waals surface area contributed by atoms with Gasteiger partial charge in [-0.2, -0.15) is 26.3 Å². The summed E-state index contributed by atoms with van der Waals surface area (Å²) in [5, 5.41) is 0. The number of fused-ring (bicyclic) bond motifs is 1. The summed E-state index contributed by atoms with van der Waals surface area (Å²) in [6.45, 7) is 4.91. The van der Waals surface area contributed by atoms with Crippen LogP contribution in [0.4, 0.5) is 31.1 Å². The van der Waals surface area contributed by atoms with Crippen molar-refractivity contribution in [1.82, 2.24) is 14.7 Å². The van der Waals surface area contributed by atoms with E-state index in [2.05, 4.69) is 9.73 Å². The lowest BCUT2D eigenvalue weighted by molar-refractivity contribution is -0.308. The van der Waals surface area contributed by atoms with Crippen LogP contribution in [0.2, 0.25) is 0 Å². The molecule has 0 spiro atoms. The predicted molar refractivity (Wildman–Crippen MR) is 115 cm³/mol. The van der Waals surface area contributed by atoms with E-state index in [-0.39, 0.29) is 43.1 Å². The van der Waals surface area contributed by atoms with Gasteiger partial charge in [0.25, 0.3) is 12.0 Å². The molecule has 3 aliphatic heterocycles. The highest BCUT2D eigenvalue weighted by Crippen LogP contribution is 2.37. The third kappa shape index (κ3) is 6.60. The number of ether oxygens (including phenoxy) is 2. The zero-order chi connectivity index (χ0) is 26.7. The number of carbonyl (C=O) groups is 2.